The zero-order valence-electron chi connectivity index (χ0n) is 30.9. The van der Waals surface area contributed by atoms with Gasteiger partial charge in [-0.1, -0.05) is 40.2 Å². The van der Waals surface area contributed by atoms with Gasteiger partial charge in [0.05, 0.1) is 25.9 Å². The van der Waals surface area contributed by atoms with E-state index in [1.54, 1.807) is 0 Å². The van der Waals surface area contributed by atoms with Gasteiger partial charge in [-0.2, -0.15) is 0 Å². The lowest BCUT2D eigenvalue weighted by Crippen LogP contribution is -2.65. The van der Waals surface area contributed by atoms with Crippen molar-refractivity contribution >= 4 is 0 Å². The Bertz CT molecular complexity index is 1240. The molecule has 0 bridgehead atoms. The van der Waals surface area contributed by atoms with E-state index in [0.29, 0.717) is 24.2 Å². The fraction of sp³-hybridized carbons (Fsp3) is 0.946. The minimum atomic E-state index is -1.81. The van der Waals surface area contributed by atoms with E-state index in [9.17, 15) is 51.1 Å². The number of hydrogen-bond acceptors (Lipinski definition) is 16. The van der Waals surface area contributed by atoms with Gasteiger partial charge in [-0.15, -0.1) is 0 Å². The number of aliphatic hydroxyl groups excluding tert-OH is 10. The number of ether oxygens (including phenoxy) is 6. The van der Waals surface area contributed by atoms with E-state index in [-0.39, 0.29) is 10.8 Å². The molecule has 306 valence electrons. The first-order chi connectivity index (χ1) is 25.1. The second-order valence-electron chi connectivity index (χ2n) is 16.9. The maximum absolute atomic E-state index is 11.5. The zero-order chi connectivity index (χ0) is 38.6. The van der Waals surface area contributed by atoms with E-state index in [1.165, 1.54) is 12.8 Å². The molecule has 6 fully saturated rings. The molecule has 53 heavy (non-hydrogen) atoms. The van der Waals surface area contributed by atoms with E-state index in [1.807, 2.05) is 0 Å². The van der Waals surface area contributed by atoms with E-state index in [2.05, 4.69) is 27.4 Å². The molecule has 0 spiro atoms. The second kappa shape index (κ2) is 16.5. The smallest absolute Gasteiger partial charge is 0.187 e. The topological polar surface area (TPSA) is 258 Å². The Morgan fingerprint density at radius 3 is 1.91 bits per heavy atom. The molecule has 6 aliphatic rings. The summed E-state index contributed by atoms with van der Waals surface area (Å²) in [5.74, 6) is 1.30. The summed E-state index contributed by atoms with van der Waals surface area (Å²) in [5, 5.41) is 105. The molecule has 3 aliphatic heterocycles. The first-order valence-electron chi connectivity index (χ1n) is 19.3. The van der Waals surface area contributed by atoms with Gasteiger partial charge in [-0.3, -0.25) is 0 Å². The largest absolute Gasteiger partial charge is 0.394 e. The molecule has 10 N–H and O–H groups in total. The zero-order valence-corrected chi connectivity index (χ0v) is 30.9. The molecule has 3 saturated heterocycles. The average molecular weight is 763 g/mol. The van der Waals surface area contributed by atoms with Crippen LogP contribution in [0.1, 0.15) is 72.1 Å². The predicted molar refractivity (Wildman–Crippen MR) is 182 cm³/mol. The van der Waals surface area contributed by atoms with Gasteiger partial charge in [0.2, 0.25) is 0 Å². The van der Waals surface area contributed by atoms with Gasteiger partial charge in [-0.25, -0.2) is 0 Å². The molecule has 0 aromatic rings. The Labute approximate surface area is 310 Å². The van der Waals surface area contributed by atoms with Crippen LogP contribution in [0.15, 0.2) is 12.2 Å². The molecule has 16 heteroatoms. The molecule has 3 aliphatic carbocycles. The number of fused-ring (bicyclic) bond motifs is 3. The summed E-state index contributed by atoms with van der Waals surface area (Å²) >= 11 is 0. The summed E-state index contributed by atoms with van der Waals surface area (Å²) in [7, 11) is 0. The van der Waals surface area contributed by atoms with Crippen LogP contribution in [-0.2, 0) is 28.4 Å². The Morgan fingerprint density at radius 2 is 1.28 bits per heavy atom. The fourth-order valence-corrected chi connectivity index (χ4v) is 10.6. The minimum absolute atomic E-state index is 0.0748. The van der Waals surface area contributed by atoms with Crippen molar-refractivity contribution in [1.82, 2.24) is 0 Å². The second-order valence-corrected chi connectivity index (χ2v) is 16.9. The van der Waals surface area contributed by atoms with Crippen molar-refractivity contribution in [1.29, 1.82) is 0 Å². The molecule has 3 heterocycles. The Morgan fingerprint density at radius 1 is 0.698 bits per heavy atom. The highest BCUT2D eigenvalue weighted by atomic mass is 16.8. The van der Waals surface area contributed by atoms with E-state index < -0.39 is 118 Å². The standard InChI is InChI=1S/C37H62O16/c1-5-36(3)9-6-10-37(4)18-12-19(16(2)11-17(18)7-8-23(36)37)49-35-32(53-34-31(47)28(44)25(41)21(14-39)51-34)29(45)26(42)22(52-35)15-48-33-30(46)27(43)24(40)20(13-38)50-33/h17-35,38-47H,2,5-15H2,1,3-4H3/t17?,18-,19?,20?,21?,22?,23?,24?,25?,26?,27?,28?,29?,30?,31?,32?,33?,34?,35?,36-,37+/m1/s1. The van der Waals surface area contributed by atoms with Crippen LogP contribution >= 0.6 is 0 Å². The van der Waals surface area contributed by atoms with Gasteiger partial charge in [0.15, 0.2) is 18.9 Å². The van der Waals surface area contributed by atoms with Crippen LogP contribution in [0.2, 0.25) is 0 Å². The molecule has 0 aromatic heterocycles. The molecule has 3 saturated carbocycles. The molecule has 21 atom stereocenters. The molecule has 18 unspecified atom stereocenters. The monoisotopic (exact) mass is 762 g/mol. The summed E-state index contributed by atoms with van der Waals surface area (Å²) in [5.41, 5.74) is 1.16. The van der Waals surface area contributed by atoms with Gasteiger partial charge in [0.25, 0.3) is 0 Å². The Hall–Kier alpha value is -0.900. The maximum atomic E-state index is 11.5. The van der Waals surface area contributed by atoms with Crippen LogP contribution < -0.4 is 0 Å². The summed E-state index contributed by atoms with van der Waals surface area (Å²) in [6.45, 7) is 9.59. The van der Waals surface area contributed by atoms with Crippen molar-refractivity contribution < 1.29 is 79.5 Å². The third-order valence-corrected chi connectivity index (χ3v) is 14.0. The lowest BCUT2D eigenvalue weighted by Gasteiger charge is -2.62. The Balaban J connectivity index is 1.24. The first-order valence-corrected chi connectivity index (χ1v) is 19.3. The molecule has 16 nitrogen and oxygen atoms in total. The van der Waals surface area contributed by atoms with Crippen molar-refractivity contribution in [3.8, 4) is 0 Å². The SMILES string of the molecule is C=C1CC2CCC3[C@](C)(CC)CCC[C@@]3(C)[C@@H]2CC1OC1OC(COC2OC(CO)C(O)C(O)C2O)C(O)C(O)C1OC1OC(CO)C(O)C(O)C1O. The van der Waals surface area contributed by atoms with Gasteiger partial charge in [0.1, 0.15) is 73.2 Å². The Kier molecular flexibility index (Phi) is 13.0. The number of hydrogen-bond donors (Lipinski definition) is 10. The van der Waals surface area contributed by atoms with Crippen LogP contribution in [-0.4, -0.2) is 169 Å². The minimum Gasteiger partial charge on any atom is -0.394 e. The lowest BCUT2D eigenvalue weighted by atomic mass is 9.43. The molecule has 0 aromatic carbocycles. The van der Waals surface area contributed by atoms with Gasteiger partial charge in [0, 0.05) is 0 Å². The van der Waals surface area contributed by atoms with Crippen molar-refractivity contribution in [2.45, 2.75) is 170 Å². The summed E-state index contributed by atoms with van der Waals surface area (Å²) < 4.78 is 35.6. The first kappa shape index (κ1) is 41.7. The number of aliphatic hydroxyl groups is 10. The summed E-state index contributed by atoms with van der Waals surface area (Å²) in [6, 6.07) is 0. The molecule has 0 radical (unpaired) electrons. The van der Waals surface area contributed by atoms with Crippen molar-refractivity contribution in [2.24, 2.45) is 28.6 Å². The third kappa shape index (κ3) is 7.75. The average Bonchev–Trinajstić information content (AvgIpc) is 3.14. The molecular weight excluding hydrogens is 700 g/mol. The normalized spacial score (nSPS) is 53.5. The predicted octanol–water partition coefficient (Wildman–Crippen LogP) is -1.58. The highest BCUT2D eigenvalue weighted by Gasteiger charge is 2.58. The molecular formula is C37H62O16. The highest BCUT2D eigenvalue weighted by Crippen LogP contribution is 2.65. The van der Waals surface area contributed by atoms with Crippen molar-refractivity contribution in [2.75, 3.05) is 19.8 Å². The van der Waals surface area contributed by atoms with Crippen LogP contribution in [0.25, 0.3) is 0 Å². The van der Waals surface area contributed by atoms with E-state index >= 15 is 0 Å². The van der Waals surface area contributed by atoms with Crippen LogP contribution in [0, 0.1) is 28.6 Å². The highest BCUT2D eigenvalue weighted by molar-refractivity contribution is 5.15. The quantitative estimate of drug-likeness (QED) is 0.0890. The van der Waals surface area contributed by atoms with Gasteiger partial charge < -0.3 is 79.5 Å². The van der Waals surface area contributed by atoms with Crippen LogP contribution in [0.4, 0.5) is 0 Å². The van der Waals surface area contributed by atoms with Gasteiger partial charge >= 0.3 is 0 Å². The van der Waals surface area contributed by atoms with Crippen molar-refractivity contribution in [3.05, 3.63) is 12.2 Å². The molecule has 0 amide bonds. The number of rotatable bonds is 10. The summed E-state index contributed by atoms with van der Waals surface area (Å²) in [4.78, 5) is 0. The third-order valence-electron chi connectivity index (χ3n) is 14.0. The van der Waals surface area contributed by atoms with E-state index in [0.717, 1.165) is 37.7 Å². The van der Waals surface area contributed by atoms with Crippen LogP contribution in [0.5, 0.6) is 0 Å². The fourth-order valence-electron chi connectivity index (χ4n) is 10.6. The van der Waals surface area contributed by atoms with Crippen molar-refractivity contribution in [3.63, 3.8) is 0 Å². The lowest BCUT2D eigenvalue weighted by molar-refractivity contribution is -0.376. The van der Waals surface area contributed by atoms with Crippen LogP contribution in [0.3, 0.4) is 0 Å². The maximum Gasteiger partial charge on any atom is 0.187 e. The van der Waals surface area contributed by atoms with E-state index in [4.69, 9.17) is 28.4 Å². The van der Waals surface area contributed by atoms with Gasteiger partial charge in [-0.05, 0) is 72.7 Å². The summed E-state index contributed by atoms with van der Waals surface area (Å²) in [6.07, 6.45) is -16.2. The molecule has 6 rings (SSSR count).